The van der Waals surface area contributed by atoms with Crippen molar-refractivity contribution in [2.75, 3.05) is 13.1 Å². The van der Waals surface area contributed by atoms with Crippen molar-refractivity contribution in [3.05, 3.63) is 41.5 Å². The Morgan fingerprint density at radius 3 is 2.31 bits per heavy atom. The van der Waals surface area contributed by atoms with E-state index in [2.05, 4.69) is 34.4 Å². The topological polar surface area (TPSA) is 51.4 Å². The van der Waals surface area contributed by atoms with Gasteiger partial charge in [0.2, 0.25) is 5.89 Å². The molecule has 2 aromatic rings. The third kappa shape index (κ3) is 5.29. The van der Waals surface area contributed by atoms with E-state index in [1.165, 1.54) is 37.7 Å². The highest BCUT2D eigenvalue weighted by molar-refractivity contribution is 5.30. The minimum Gasteiger partial charge on any atom is -0.490 e. The summed E-state index contributed by atoms with van der Waals surface area (Å²) in [5, 5.41) is 3.00. The third-order valence-electron chi connectivity index (χ3n) is 5.87. The Balaban J connectivity index is 1.24. The second-order valence-corrected chi connectivity index (χ2v) is 8.01. The van der Waals surface area contributed by atoms with Gasteiger partial charge in [-0.15, -0.1) is 0 Å². The molecule has 0 bridgehead atoms. The molecule has 158 valence electrons. The highest BCUT2D eigenvalue weighted by Gasteiger charge is 2.37. The van der Waals surface area contributed by atoms with Gasteiger partial charge >= 0.3 is 6.18 Å². The molecule has 1 aromatic carbocycles. The summed E-state index contributed by atoms with van der Waals surface area (Å²) in [6.45, 7) is 1.66. The van der Waals surface area contributed by atoms with Crippen molar-refractivity contribution in [1.82, 2.24) is 15.0 Å². The predicted molar refractivity (Wildman–Crippen MR) is 100 cm³/mol. The van der Waals surface area contributed by atoms with Gasteiger partial charge in [0.25, 0.3) is 5.82 Å². The van der Waals surface area contributed by atoms with Gasteiger partial charge in [0.15, 0.2) is 0 Å². The van der Waals surface area contributed by atoms with Crippen molar-refractivity contribution in [2.45, 2.75) is 69.7 Å². The summed E-state index contributed by atoms with van der Waals surface area (Å²) < 4.78 is 48.5. The Morgan fingerprint density at radius 2 is 1.69 bits per heavy atom. The number of aromatic nitrogens is 2. The molecule has 1 aliphatic heterocycles. The molecule has 4 rings (SSSR count). The number of alkyl halides is 3. The van der Waals surface area contributed by atoms with E-state index in [1.807, 2.05) is 4.90 Å². The molecule has 2 fully saturated rings. The number of ether oxygens (including phenoxy) is 1. The van der Waals surface area contributed by atoms with Crippen molar-refractivity contribution >= 4 is 0 Å². The molecular weight excluding hydrogens is 383 g/mol. The Morgan fingerprint density at radius 1 is 1.00 bits per heavy atom. The van der Waals surface area contributed by atoms with E-state index in [9.17, 15) is 13.2 Å². The van der Waals surface area contributed by atoms with Gasteiger partial charge in [-0.1, -0.05) is 36.6 Å². The fraction of sp³-hybridized carbons (Fsp3) is 0.619. The first-order chi connectivity index (χ1) is 14.0. The third-order valence-corrected chi connectivity index (χ3v) is 5.87. The van der Waals surface area contributed by atoms with Crippen LogP contribution < -0.4 is 4.74 Å². The van der Waals surface area contributed by atoms with Crippen LogP contribution in [0.1, 0.15) is 68.1 Å². The van der Waals surface area contributed by atoms with E-state index in [4.69, 9.17) is 9.26 Å². The Hall–Kier alpha value is -2.09. The van der Waals surface area contributed by atoms with Crippen LogP contribution in [-0.2, 0) is 12.7 Å². The predicted octanol–water partition coefficient (Wildman–Crippen LogP) is 5.18. The lowest BCUT2D eigenvalue weighted by Crippen LogP contribution is -2.37. The molecule has 2 heterocycles. The number of hydrogen-bond donors (Lipinski definition) is 0. The van der Waals surface area contributed by atoms with Crippen molar-refractivity contribution in [3.63, 3.8) is 0 Å². The van der Waals surface area contributed by atoms with E-state index < -0.39 is 12.0 Å². The molecule has 8 heteroatoms. The highest BCUT2D eigenvalue weighted by atomic mass is 19.4. The van der Waals surface area contributed by atoms with Gasteiger partial charge in [-0.25, -0.2) is 0 Å². The van der Waals surface area contributed by atoms with E-state index in [1.54, 1.807) is 0 Å². The van der Waals surface area contributed by atoms with Crippen LogP contribution in [-0.4, -0.2) is 34.2 Å². The normalized spacial score (nSPS) is 20.1. The molecule has 29 heavy (non-hydrogen) atoms. The monoisotopic (exact) mass is 409 g/mol. The number of hydrogen-bond acceptors (Lipinski definition) is 5. The first kappa shape index (κ1) is 20.2. The van der Waals surface area contributed by atoms with Gasteiger partial charge in [-0.2, -0.15) is 18.2 Å². The van der Waals surface area contributed by atoms with Crippen molar-refractivity contribution in [1.29, 1.82) is 0 Å². The number of benzene rings is 1. The first-order valence-electron chi connectivity index (χ1n) is 10.4. The molecule has 0 amide bonds. The number of piperidine rings is 1. The van der Waals surface area contributed by atoms with Crippen LogP contribution >= 0.6 is 0 Å². The number of halogens is 3. The lowest BCUT2D eigenvalue weighted by molar-refractivity contribution is -0.146. The highest BCUT2D eigenvalue weighted by Crippen LogP contribution is 2.33. The van der Waals surface area contributed by atoms with Crippen LogP contribution in [0, 0.1) is 0 Å². The fourth-order valence-corrected chi connectivity index (χ4v) is 4.26. The number of nitrogens with zero attached hydrogens (tertiary/aromatic N) is 3. The summed E-state index contributed by atoms with van der Waals surface area (Å²) >= 11 is 0. The maximum Gasteiger partial charge on any atom is 0.455 e. The van der Waals surface area contributed by atoms with Gasteiger partial charge in [0, 0.05) is 13.1 Å². The van der Waals surface area contributed by atoms with E-state index in [-0.39, 0.29) is 18.5 Å². The van der Waals surface area contributed by atoms with Gasteiger partial charge in [-0.05, 0) is 49.3 Å². The zero-order chi connectivity index (χ0) is 20.3. The van der Waals surface area contributed by atoms with Crippen LogP contribution in [0.3, 0.4) is 0 Å². The van der Waals surface area contributed by atoms with Crippen molar-refractivity contribution in [3.8, 4) is 5.75 Å². The Bertz CT molecular complexity index is 777. The molecule has 0 atom stereocenters. The van der Waals surface area contributed by atoms with E-state index in [0.29, 0.717) is 19.0 Å². The van der Waals surface area contributed by atoms with Crippen LogP contribution in [0.15, 0.2) is 28.8 Å². The molecule has 0 unspecified atom stereocenters. The van der Waals surface area contributed by atoms with Crippen LogP contribution in [0.4, 0.5) is 13.2 Å². The molecule has 2 aliphatic rings. The summed E-state index contributed by atoms with van der Waals surface area (Å²) in [6, 6.07) is 8.50. The maximum atomic E-state index is 12.6. The molecule has 1 aromatic heterocycles. The smallest absolute Gasteiger partial charge is 0.455 e. The fourth-order valence-electron chi connectivity index (χ4n) is 4.26. The SMILES string of the molecule is FC(F)(F)c1noc(CN2CCC(Oc3ccc(C4CCCCC4)cc3)CC2)n1. The van der Waals surface area contributed by atoms with Gasteiger partial charge in [0.1, 0.15) is 11.9 Å². The summed E-state index contributed by atoms with van der Waals surface area (Å²) in [4.78, 5) is 5.45. The van der Waals surface area contributed by atoms with Gasteiger partial charge in [-0.3, -0.25) is 4.90 Å². The van der Waals surface area contributed by atoms with Crippen LogP contribution in [0.2, 0.25) is 0 Å². The van der Waals surface area contributed by atoms with Crippen LogP contribution in [0.25, 0.3) is 0 Å². The lowest BCUT2D eigenvalue weighted by atomic mass is 9.84. The molecule has 5 nitrogen and oxygen atoms in total. The summed E-state index contributed by atoms with van der Waals surface area (Å²) in [6.07, 6.45) is 3.72. The lowest BCUT2D eigenvalue weighted by Gasteiger charge is -2.31. The molecular formula is C21H26F3N3O2. The minimum atomic E-state index is -4.57. The van der Waals surface area contributed by atoms with E-state index in [0.717, 1.165) is 18.6 Å². The molecule has 0 N–H and O–H groups in total. The first-order valence-corrected chi connectivity index (χ1v) is 10.4. The average molecular weight is 409 g/mol. The molecule has 0 spiro atoms. The standard InChI is InChI=1S/C21H26F3N3O2/c22-21(23,24)20-25-19(29-26-20)14-27-12-10-18(11-13-27)28-17-8-6-16(7-9-17)15-4-2-1-3-5-15/h6-9,15,18H,1-5,10-14H2. The van der Waals surface area contributed by atoms with Crippen molar-refractivity contribution in [2.24, 2.45) is 0 Å². The number of likely N-dealkylation sites (tertiary alicyclic amines) is 1. The van der Waals surface area contributed by atoms with Crippen molar-refractivity contribution < 1.29 is 22.4 Å². The largest absolute Gasteiger partial charge is 0.490 e. The molecule has 1 saturated carbocycles. The second-order valence-electron chi connectivity index (χ2n) is 8.01. The van der Waals surface area contributed by atoms with Gasteiger partial charge < -0.3 is 9.26 Å². The second kappa shape index (κ2) is 8.73. The summed E-state index contributed by atoms with van der Waals surface area (Å²) in [7, 11) is 0. The number of rotatable bonds is 5. The molecule has 0 radical (unpaired) electrons. The van der Waals surface area contributed by atoms with Gasteiger partial charge in [0.05, 0.1) is 6.54 Å². The Kier molecular flexibility index (Phi) is 6.08. The average Bonchev–Trinajstić information content (AvgIpc) is 3.20. The summed E-state index contributed by atoms with van der Waals surface area (Å²) in [5.74, 6) is 0.343. The Labute approximate surface area is 168 Å². The quantitative estimate of drug-likeness (QED) is 0.681. The molecule has 1 saturated heterocycles. The maximum absolute atomic E-state index is 12.6. The summed E-state index contributed by atoms with van der Waals surface area (Å²) in [5.41, 5.74) is 1.41. The molecule has 1 aliphatic carbocycles. The zero-order valence-electron chi connectivity index (χ0n) is 16.3. The minimum absolute atomic E-state index is 0.00463. The zero-order valence-corrected chi connectivity index (χ0v) is 16.3. The van der Waals surface area contributed by atoms with E-state index >= 15 is 0 Å². The van der Waals surface area contributed by atoms with Crippen LogP contribution in [0.5, 0.6) is 5.75 Å².